The van der Waals surface area contributed by atoms with E-state index in [0.717, 1.165) is 12.8 Å². The van der Waals surface area contributed by atoms with E-state index in [0.29, 0.717) is 5.56 Å². The number of carbonyl (C=O) groups is 2. The minimum atomic E-state index is -0.864. The van der Waals surface area contributed by atoms with E-state index < -0.39 is 24.0 Å². The summed E-state index contributed by atoms with van der Waals surface area (Å²) in [6.45, 7) is -0.363. The van der Waals surface area contributed by atoms with E-state index in [1.807, 2.05) is 0 Å². The number of nitrogens with one attached hydrogen (secondary N) is 1. The average molecular weight is 344 g/mol. The Morgan fingerprint density at radius 2 is 1.96 bits per heavy atom. The smallest absolute Gasteiger partial charge is 0.344 e. The van der Waals surface area contributed by atoms with E-state index in [1.54, 1.807) is 18.2 Å². The third kappa shape index (κ3) is 4.12. The second-order valence-corrected chi connectivity index (χ2v) is 5.83. The summed E-state index contributed by atoms with van der Waals surface area (Å²) < 4.78 is 18.8. The number of ether oxygens (including phenoxy) is 1. The minimum absolute atomic E-state index is 0.0333. The van der Waals surface area contributed by atoms with Crippen molar-refractivity contribution >= 4 is 11.9 Å². The number of carbonyl (C=O) groups excluding carboxylic acids is 2. The van der Waals surface area contributed by atoms with E-state index in [4.69, 9.17) is 4.74 Å². The molecule has 0 spiro atoms. The summed E-state index contributed by atoms with van der Waals surface area (Å²) in [5, 5.41) is 0. The number of hydrogen-bond donors (Lipinski definition) is 1. The van der Waals surface area contributed by atoms with Crippen LogP contribution in [0.4, 0.5) is 4.39 Å². The first kappa shape index (κ1) is 16.9. The van der Waals surface area contributed by atoms with Crippen molar-refractivity contribution in [1.29, 1.82) is 0 Å². The molecule has 1 fully saturated rings. The fourth-order valence-corrected chi connectivity index (χ4v) is 2.49. The zero-order chi connectivity index (χ0) is 17.8. The molecule has 1 saturated carbocycles. The van der Waals surface area contributed by atoms with Gasteiger partial charge in [0.1, 0.15) is 11.4 Å². The van der Waals surface area contributed by atoms with Gasteiger partial charge < -0.3 is 14.6 Å². The van der Waals surface area contributed by atoms with Gasteiger partial charge in [-0.05, 0) is 31.0 Å². The highest BCUT2D eigenvalue weighted by atomic mass is 19.1. The molecule has 0 atom stereocenters. The molecule has 1 amide bonds. The van der Waals surface area contributed by atoms with Crippen LogP contribution < -0.4 is 5.56 Å². The van der Waals surface area contributed by atoms with E-state index >= 15 is 0 Å². The molecule has 1 heterocycles. The van der Waals surface area contributed by atoms with E-state index in [2.05, 4.69) is 4.98 Å². The van der Waals surface area contributed by atoms with Crippen LogP contribution in [0.15, 0.2) is 47.4 Å². The number of benzene rings is 1. The zero-order valence-corrected chi connectivity index (χ0v) is 13.4. The molecule has 0 bridgehead atoms. The van der Waals surface area contributed by atoms with Crippen molar-refractivity contribution < 1.29 is 18.7 Å². The van der Waals surface area contributed by atoms with Crippen LogP contribution in [-0.4, -0.2) is 34.4 Å². The topological polar surface area (TPSA) is 79.5 Å². The number of esters is 1. The third-order valence-electron chi connectivity index (χ3n) is 3.97. The fourth-order valence-electron chi connectivity index (χ4n) is 2.49. The first-order valence-electron chi connectivity index (χ1n) is 7.94. The summed E-state index contributed by atoms with van der Waals surface area (Å²) >= 11 is 0. The van der Waals surface area contributed by atoms with Crippen molar-refractivity contribution in [1.82, 2.24) is 9.88 Å². The predicted octanol–water partition coefficient (Wildman–Crippen LogP) is 1.86. The molecule has 1 aliphatic rings. The summed E-state index contributed by atoms with van der Waals surface area (Å²) in [7, 11) is 0. The Hall–Kier alpha value is -2.96. The molecule has 0 aliphatic heterocycles. The lowest BCUT2D eigenvalue weighted by atomic mass is 10.2. The van der Waals surface area contributed by atoms with Crippen molar-refractivity contribution in [2.75, 3.05) is 6.61 Å². The molecule has 1 N–H and O–H groups in total. The van der Waals surface area contributed by atoms with Gasteiger partial charge in [-0.1, -0.05) is 18.2 Å². The molecule has 25 heavy (non-hydrogen) atoms. The largest absolute Gasteiger partial charge is 0.452 e. The van der Waals surface area contributed by atoms with Crippen LogP contribution in [0.5, 0.6) is 0 Å². The number of rotatable bonds is 6. The van der Waals surface area contributed by atoms with E-state index in [9.17, 15) is 18.8 Å². The van der Waals surface area contributed by atoms with E-state index in [-0.39, 0.29) is 24.0 Å². The Morgan fingerprint density at radius 1 is 1.20 bits per heavy atom. The average Bonchev–Trinajstić information content (AvgIpc) is 3.44. The summed E-state index contributed by atoms with van der Waals surface area (Å²) in [5.41, 5.74) is -0.332. The van der Waals surface area contributed by atoms with Gasteiger partial charge in [-0.3, -0.25) is 9.59 Å². The summed E-state index contributed by atoms with van der Waals surface area (Å²) in [5.74, 6) is -1.66. The number of aromatic nitrogens is 1. The maximum absolute atomic E-state index is 13.8. The maximum atomic E-state index is 13.8. The van der Waals surface area contributed by atoms with Gasteiger partial charge in [0.05, 0.1) is 0 Å². The number of halogens is 1. The molecule has 130 valence electrons. The van der Waals surface area contributed by atoms with Gasteiger partial charge in [0.25, 0.3) is 11.5 Å². The molecule has 1 aromatic carbocycles. The lowest BCUT2D eigenvalue weighted by molar-refractivity contribution is -0.135. The van der Waals surface area contributed by atoms with Gasteiger partial charge >= 0.3 is 5.97 Å². The molecule has 7 heteroatoms. The quantitative estimate of drug-likeness (QED) is 0.811. The SMILES string of the molecule is O=C(OCC(=O)N(Cc1ccccc1F)C1CC1)c1ccc[nH]c1=O. The Morgan fingerprint density at radius 3 is 2.64 bits per heavy atom. The zero-order valence-electron chi connectivity index (χ0n) is 13.4. The van der Waals surface area contributed by atoms with Gasteiger partial charge in [-0.25, -0.2) is 9.18 Å². The van der Waals surface area contributed by atoms with Gasteiger partial charge in [0, 0.05) is 24.3 Å². The second-order valence-electron chi connectivity index (χ2n) is 5.83. The number of aromatic amines is 1. The molecular formula is C18H17FN2O4. The second kappa shape index (κ2) is 7.29. The first-order chi connectivity index (χ1) is 12.1. The summed E-state index contributed by atoms with van der Waals surface area (Å²) in [4.78, 5) is 39.7. The van der Waals surface area contributed by atoms with Gasteiger partial charge in [0.2, 0.25) is 0 Å². The maximum Gasteiger partial charge on any atom is 0.344 e. The highest BCUT2D eigenvalue weighted by molar-refractivity contribution is 5.91. The number of pyridine rings is 1. The summed E-state index contributed by atoms with van der Waals surface area (Å²) in [6.07, 6.45) is 3.08. The molecule has 6 nitrogen and oxygen atoms in total. The molecule has 2 aromatic rings. The lowest BCUT2D eigenvalue weighted by Gasteiger charge is -2.22. The Kier molecular flexibility index (Phi) is 4.92. The van der Waals surface area contributed by atoms with E-state index in [1.165, 1.54) is 29.3 Å². The first-order valence-corrected chi connectivity index (χ1v) is 7.94. The van der Waals surface area contributed by atoms with Crippen molar-refractivity contribution in [3.8, 4) is 0 Å². The van der Waals surface area contributed by atoms with Crippen molar-refractivity contribution in [3.63, 3.8) is 0 Å². The highest BCUT2D eigenvalue weighted by Crippen LogP contribution is 2.29. The molecule has 1 aromatic heterocycles. The van der Waals surface area contributed by atoms with Crippen LogP contribution in [0.2, 0.25) is 0 Å². The lowest BCUT2D eigenvalue weighted by Crippen LogP contribution is -2.36. The number of hydrogen-bond acceptors (Lipinski definition) is 4. The summed E-state index contributed by atoms with van der Waals surface area (Å²) in [6, 6.07) is 9.10. The number of H-pyrrole nitrogens is 1. The Bertz CT molecular complexity index is 845. The van der Waals surface area contributed by atoms with Crippen LogP contribution in [0.3, 0.4) is 0 Å². The molecular weight excluding hydrogens is 327 g/mol. The van der Waals surface area contributed by atoms with Crippen molar-refractivity contribution in [2.24, 2.45) is 0 Å². The molecule has 3 rings (SSSR count). The van der Waals surface area contributed by atoms with Crippen LogP contribution in [0.25, 0.3) is 0 Å². The number of amides is 1. The van der Waals surface area contributed by atoms with Gasteiger partial charge in [-0.2, -0.15) is 0 Å². The Labute approximate surface area is 143 Å². The van der Waals surface area contributed by atoms with Gasteiger partial charge in [0.15, 0.2) is 6.61 Å². The van der Waals surface area contributed by atoms with Crippen LogP contribution >= 0.6 is 0 Å². The van der Waals surface area contributed by atoms with Crippen LogP contribution in [0, 0.1) is 5.82 Å². The Balaban J connectivity index is 1.64. The molecule has 0 radical (unpaired) electrons. The highest BCUT2D eigenvalue weighted by Gasteiger charge is 2.33. The van der Waals surface area contributed by atoms with Crippen LogP contribution in [-0.2, 0) is 16.1 Å². The standard InChI is InChI=1S/C18H17FN2O4/c19-15-6-2-1-4-12(15)10-21(13-7-8-13)16(22)11-25-18(24)14-5-3-9-20-17(14)23/h1-6,9,13H,7-8,10-11H2,(H,20,23). The monoisotopic (exact) mass is 344 g/mol. The van der Waals surface area contributed by atoms with Gasteiger partial charge in [-0.15, -0.1) is 0 Å². The molecule has 0 saturated heterocycles. The van der Waals surface area contributed by atoms with Crippen molar-refractivity contribution in [2.45, 2.75) is 25.4 Å². The minimum Gasteiger partial charge on any atom is -0.452 e. The third-order valence-corrected chi connectivity index (χ3v) is 3.97. The molecule has 1 aliphatic carbocycles. The number of nitrogens with zero attached hydrogens (tertiary/aromatic N) is 1. The predicted molar refractivity (Wildman–Crippen MR) is 87.3 cm³/mol. The fraction of sp³-hybridized carbons (Fsp3) is 0.278. The van der Waals surface area contributed by atoms with Crippen molar-refractivity contribution in [3.05, 3.63) is 69.9 Å². The molecule has 0 unspecified atom stereocenters. The normalized spacial score (nSPS) is 13.3. The van der Waals surface area contributed by atoms with Crippen LogP contribution in [0.1, 0.15) is 28.8 Å².